The fraction of sp³-hybridized carbons (Fsp3) is 0.385. The third kappa shape index (κ3) is 4.79. The van der Waals surface area contributed by atoms with E-state index in [1.54, 1.807) is 11.8 Å². The van der Waals surface area contributed by atoms with Crippen molar-refractivity contribution in [3.63, 3.8) is 0 Å². The van der Waals surface area contributed by atoms with Crippen LogP contribution in [0.1, 0.15) is 23.2 Å². The number of aromatic nitrogens is 2. The summed E-state index contributed by atoms with van der Waals surface area (Å²) in [6.07, 6.45) is 4.49. The summed E-state index contributed by atoms with van der Waals surface area (Å²) in [6, 6.07) is 17.6. The van der Waals surface area contributed by atoms with Gasteiger partial charge in [-0.1, -0.05) is 30.3 Å². The van der Waals surface area contributed by atoms with Gasteiger partial charge in [-0.05, 0) is 37.1 Å². The highest BCUT2D eigenvalue weighted by Gasteiger charge is 2.28. The molecule has 1 aromatic heterocycles. The van der Waals surface area contributed by atoms with Crippen LogP contribution in [0.3, 0.4) is 0 Å². The van der Waals surface area contributed by atoms with Crippen molar-refractivity contribution in [3.8, 4) is 22.7 Å². The van der Waals surface area contributed by atoms with Crippen molar-refractivity contribution in [1.29, 1.82) is 0 Å². The molecule has 3 aromatic rings. The largest absolute Gasteiger partial charge is 0.497 e. The zero-order chi connectivity index (χ0) is 22.6. The Morgan fingerprint density at radius 3 is 2.64 bits per heavy atom. The Labute approximate surface area is 194 Å². The maximum Gasteiger partial charge on any atom is 0.257 e. The van der Waals surface area contributed by atoms with E-state index in [4.69, 9.17) is 14.6 Å². The smallest absolute Gasteiger partial charge is 0.257 e. The predicted molar refractivity (Wildman–Crippen MR) is 127 cm³/mol. The van der Waals surface area contributed by atoms with E-state index in [1.165, 1.54) is 0 Å². The van der Waals surface area contributed by atoms with Crippen molar-refractivity contribution in [2.24, 2.45) is 0 Å². The summed E-state index contributed by atoms with van der Waals surface area (Å²) in [7, 11) is 1.64. The lowest BCUT2D eigenvalue weighted by Crippen LogP contribution is -2.50. The lowest BCUT2D eigenvalue weighted by Gasteiger charge is -2.35. The summed E-state index contributed by atoms with van der Waals surface area (Å²) < 4.78 is 13.0. The van der Waals surface area contributed by atoms with Gasteiger partial charge in [-0.2, -0.15) is 5.10 Å². The van der Waals surface area contributed by atoms with Gasteiger partial charge in [0, 0.05) is 51.1 Å². The molecule has 33 heavy (non-hydrogen) atoms. The van der Waals surface area contributed by atoms with Crippen LogP contribution in [0.25, 0.3) is 16.9 Å². The molecule has 0 spiro atoms. The van der Waals surface area contributed by atoms with E-state index in [0.29, 0.717) is 30.5 Å². The maximum absolute atomic E-state index is 13.6. The Hall–Kier alpha value is -3.16. The van der Waals surface area contributed by atoms with Gasteiger partial charge in [0.05, 0.1) is 24.5 Å². The van der Waals surface area contributed by atoms with Crippen LogP contribution in [-0.4, -0.2) is 78.0 Å². The minimum atomic E-state index is 0.0202. The van der Waals surface area contributed by atoms with Crippen molar-refractivity contribution < 1.29 is 14.3 Å². The molecule has 2 saturated heterocycles. The van der Waals surface area contributed by atoms with Gasteiger partial charge in [-0.15, -0.1) is 0 Å². The number of benzene rings is 2. The number of hydrogen-bond acceptors (Lipinski definition) is 5. The van der Waals surface area contributed by atoms with Crippen molar-refractivity contribution in [2.45, 2.75) is 18.9 Å². The minimum Gasteiger partial charge on any atom is -0.497 e. The molecule has 7 nitrogen and oxygen atoms in total. The van der Waals surface area contributed by atoms with E-state index in [1.807, 2.05) is 65.7 Å². The number of nitrogens with zero attached hydrogens (tertiary/aromatic N) is 4. The topological polar surface area (TPSA) is 59.8 Å². The molecule has 1 amide bonds. The van der Waals surface area contributed by atoms with Crippen LogP contribution < -0.4 is 4.74 Å². The Balaban J connectivity index is 1.39. The van der Waals surface area contributed by atoms with Crippen molar-refractivity contribution in [1.82, 2.24) is 19.6 Å². The molecule has 5 rings (SSSR count). The first-order chi connectivity index (χ1) is 16.2. The zero-order valence-electron chi connectivity index (χ0n) is 19.0. The second-order valence-electron chi connectivity index (χ2n) is 8.63. The lowest BCUT2D eigenvalue weighted by molar-refractivity contribution is 0.0433. The highest BCUT2D eigenvalue weighted by molar-refractivity contribution is 6.00. The first-order valence-electron chi connectivity index (χ1n) is 11.6. The van der Waals surface area contributed by atoms with Gasteiger partial charge in [0.2, 0.25) is 0 Å². The molecular weight excluding hydrogens is 416 g/mol. The van der Waals surface area contributed by atoms with Gasteiger partial charge in [-0.3, -0.25) is 9.69 Å². The predicted octanol–water partition coefficient (Wildman–Crippen LogP) is 3.48. The molecule has 2 aliphatic heterocycles. The summed E-state index contributed by atoms with van der Waals surface area (Å²) in [6.45, 7) is 4.99. The van der Waals surface area contributed by atoms with Crippen LogP contribution >= 0.6 is 0 Å². The van der Waals surface area contributed by atoms with E-state index < -0.39 is 0 Å². The lowest BCUT2D eigenvalue weighted by atomic mass is 10.1. The Morgan fingerprint density at radius 2 is 1.91 bits per heavy atom. The van der Waals surface area contributed by atoms with Gasteiger partial charge in [0.15, 0.2) is 0 Å². The average molecular weight is 447 g/mol. The number of amides is 1. The minimum absolute atomic E-state index is 0.0202. The molecule has 0 radical (unpaired) electrons. The number of ether oxygens (including phenoxy) is 2. The Morgan fingerprint density at radius 1 is 1.09 bits per heavy atom. The van der Waals surface area contributed by atoms with Crippen LogP contribution in [0.4, 0.5) is 0 Å². The molecule has 2 aromatic carbocycles. The first kappa shape index (κ1) is 21.7. The van der Waals surface area contributed by atoms with Gasteiger partial charge >= 0.3 is 0 Å². The van der Waals surface area contributed by atoms with Crippen LogP contribution in [-0.2, 0) is 4.74 Å². The van der Waals surface area contributed by atoms with Gasteiger partial charge in [-0.25, -0.2) is 4.68 Å². The third-order valence-corrected chi connectivity index (χ3v) is 6.45. The molecule has 1 atom stereocenters. The summed E-state index contributed by atoms with van der Waals surface area (Å²) in [4.78, 5) is 18.0. The standard InChI is InChI=1S/C26H30N4O3/c1-32-22-10-5-7-20(17-22)25-24(19-30(27-25)21-8-3-2-4-9-21)26(31)29-14-12-28(13-15-29)18-23-11-6-16-33-23/h2-5,7-10,17,19,23H,6,11-16,18H2,1H3. The van der Waals surface area contributed by atoms with E-state index in [9.17, 15) is 4.79 Å². The summed E-state index contributed by atoms with van der Waals surface area (Å²) in [5, 5.41) is 4.81. The quantitative estimate of drug-likeness (QED) is 0.580. The molecule has 0 N–H and O–H groups in total. The van der Waals surface area contributed by atoms with Crippen molar-refractivity contribution >= 4 is 5.91 Å². The Bertz CT molecular complexity index is 1080. The van der Waals surface area contributed by atoms with Gasteiger partial charge < -0.3 is 14.4 Å². The molecule has 2 aliphatic rings. The number of rotatable bonds is 6. The summed E-state index contributed by atoms with van der Waals surface area (Å²) in [5.41, 5.74) is 3.07. The third-order valence-electron chi connectivity index (χ3n) is 6.45. The molecule has 0 saturated carbocycles. The number of piperazine rings is 1. The van der Waals surface area contributed by atoms with Crippen molar-refractivity contribution in [3.05, 3.63) is 66.4 Å². The van der Waals surface area contributed by atoms with Crippen LogP contribution in [0.2, 0.25) is 0 Å². The maximum atomic E-state index is 13.6. The second-order valence-corrected chi connectivity index (χ2v) is 8.63. The monoisotopic (exact) mass is 446 g/mol. The summed E-state index contributed by atoms with van der Waals surface area (Å²) in [5.74, 6) is 0.759. The normalized spacial score (nSPS) is 19.1. The Kier molecular flexibility index (Phi) is 6.41. The summed E-state index contributed by atoms with van der Waals surface area (Å²) >= 11 is 0. The van der Waals surface area contributed by atoms with Crippen molar-refractivity contribution in [2.75, 3.05) is 46.4 Å². The van der Waals surface area contributed by atoms with E-state index >= 15 is 0 Å². The van der Waals surface area contributed by atoms with E-state index in [0.717, 1.165) is 56.1 Å². The van der Waals surface area contributed by atoms with Crippen LogP contribution in [0, 0.1) is 0 Å². The number of hydrogen-bond donors (Lipinski definition) is 0. The molecule has 0 bridgehead atoms. The van der Waals surface area contributed by atoms with Gasteiger partial charge in [0.1, 0.15) is 11.4 Å². The number of methoxy groups -OCH3 is 1. The number of carbonyl (C=O) groups excluding carboxylic acids is 1. The molecule has 0 aliphatic carbocycles. The fourth-order valence-corrected chi connectivity index (χ4v) is 4.61. The molecule has 2 fully saturated rings. The number of para-hydroxylation sites is 1. The van der Waals surface area contributed by atoms with E-state index in [2.05, 4.69) is 4.90 Å². The van der Waals surface area contributed by atoms with Gasteiger partial charge in [0.25, 0.3) is 5.91 Å². The zero-order valence-corrected chi connectivity index (χ0v) is 19.0. The molecular formula is C26H30N4O3. The second kappa shape index (κ2) is 9.77. The molecule has 1 unspecified atom stereocenters. The average Bonchev–Trinajstić information content (AvgIpc) is 3.55. The van der Waals surface area contributed by atoms with E-state index in [-0.39, 0.29) is 5.91 Å². The number of carbonyl (C=O) groups is 1. The molecule has 3 heterocycles. The highest BCUT2D eigenvalue weighted by Crippen LogP contribution is 2.28. The van der Waals surface area contributed by atoms with Crippen LogP contribution in [0.5, 0.6) is 5.75 Å². The SMILES string of the molecule is COc1cccc(-c2nn(-c3ccccc3)cc2C(=O)N2CCN(CC3CCCO3)CC2)c1. The van der Waals surface area contributed by atoms with Crippen LogP contribution in [0.15, 0.2) is 60.8 Å². The fourth-order valence-electron chi connectivity index (χ4n) is 4.61. The molecule has 172 valence electrons. The highest BCUT2D eigenvalue weighted by atomic mass is 16.5. The molecule has 7 heteroatoms. The first-order valence-corrected chi connectivity index (χ1v) is 11.6.